The first-order valence-corrected chi connectivity index (χ1v) is 9.32. The van der Waals surface area contributed by atoms with E-state index in [1.165, 1.54) is 5.56 Å². The van der Waals surface area contributed by atoms with Crippen molar-refractivity contribution >= 4 is 5.95 Å². The molecule has 6 nitrogen and oxygen atoms in total. The molecular weight excluding hydrogens is 350 g/mol. The zero-order chi connectivity index (χ0) is 19.0. The second kappa shape index (κ2) is 6.56. The molecule has 28 heavy (non-hydrogen) atoms. The van der Waals surface area contributed by atoms with Crippen LogP contribution in [0.15, 0.2) is 71.4 Å². The quantitative estimate of drug-likeness (QED) is 0.578. The number of anilines is 1. The summed E-state index contributed by atoms with van der Waals surface area (Å²) in [4.78, 5) is 8.13. The molecule has 2 aromatic heterocycles. The first-order valence-electron chi connectivity index (χ1n) is 9.32. The average molecular weight is 369 g/mol. The van der Waals surface area contributed by atoms with Crippen molar-refractivity contribution in [2.24, 2.45) is 0 Å². The molecule has 2 aromatic carbocycles. The predicted octanol–water partition coefficient (Wildman–Crippen LogP) is 4.25. The molecule has 0 aliphatic heterocycles. The Kier molecular flexibility index (Phi) is 3.90. The number of rotatable bonds is 4. The van der Waals surface area contributed by atoms with Crippen molar-refractivity contribution in [3.63, 3.8) is 0 Å². The van der Waals surface area contributed by atoms with E-state index < -0.39 is 0 Å². The van der Waals surface area contributed by atoms with Gasteiger partial charge in [-0.25, -0.2) is 9.97 Å². The monoisotopic (exact) mass is 369 g/mol. The van der Waals surface area contributed by atoms with E-state index in [0.29, 0.717) is 11.8 Å². The lowest BCUT2D eigenvalue weighted by Gasteiger charge is -2.39. The minimum Gasteiger partial charge on any atom is -0.420 e. The van der Waals surface area contributed by atoms with Crippen molar-refractivity contribution < 1.29 is 4.42 Å². The summed E-state index contributed by atoms with van der Waals surface area (Å²) in [5.74, 6) is 1.54. The highest BCUT2D eigenvalue weighted by atomic mass is 16.4. The van der Waals surface area contributed by atoms with Gasteiger partial charge in [0.1, 0.15) is 0 Å². The molecular formula is C22H19N5O. The fourth-order valence-corrected chi connectivity index (χ4v) is 3.74. The summed E-state index contributed by atoms with van der Waals surface area (Å²) >= 11 is 0. The summed E-state index contributed by atoms with van der Waals surface area (Å²) in [6, 6.07) is 18.3. The standard InChI is InChI=1S/C22H19N5O/c23-21-24-13-17(14-25-21)15-7-9-18(10-8-15)22(11-4-12-22)20-27-26-19(28-20)16-5-2-1-3-6-16/h1-3,5-10,13-14H,4,11-12H2,(H2,23,24,25). The predicted molar refractivity (Wildman–Crippen MR) is 106 cm³/mol. The molecule has 5 rings (SSSR count). The highest BCUT2D eigenvalue weighted by Crippen LogP contribution is 2.49. The molecule has 0 atom stereocenters. The zero-order valence-electron chi connectivity index (χ0n) is 15.2. The van der Waals surface area contributed by atoms with Crippen LogP contribution >= 0.6 is 0 Å². The van der Waals surface area contributed by atoms with Crippen molar-refractivity contribution in [2.75, 3.05) is 5.73 Å². The number of hydrogen-bond donors (Lipinski definition) is 1. The molecule has 2 heterocycles. The lowest BCUT2D eigenvalue weighted by Crippen LogP contribution is -2.35. The van der Waals surface area contributed by atoms with Crippen LogP contribution in [-0.2, 0) is 5.41 Å². The second-order valence-electron chi connectivity index (χ2n) is 7.12. The molecule has 0 spiro atoms. The van der Waals surface area contributed by atoms with Crippen LogP contribution in [-0.4, -0.2) is 20.2 Å². The maximum Gasteiger partial charge on any atom is 0.247 e. The van der Waals surface area contributed by atoms with Gasteiger partial charge in [0.05, 0.1) is 5.41 Å². The van der Waals surface area contributed by atoms with Crippen LogP contribution in [0.25, 0.3) is 22.6 Å². The third-order valence-electron chi connectivity index (χ3n) is 5.50. The summed E-state index contributed by atoms with van der Waals surface area (Å²) in [6.07, 6.45) is 6.64. The van der Waals surface area contributed by atoms with Crippen molar-refractivity contribution in [3.8, 4) is 22.6 Å². The summed E-state index contributed by atoms with van der Waals surface area (Å²) in [6.45, 7) is 0. The number of nitrogens with zero attached hydrogens (tertiary/aromatic N) is 4. The van der Waals surface area contributed by atoms with E-state index in [1.54, 1.807) is 12.4 Å². The lowest BCUT2D eigenvalue weighted by molar-refractivity contribution is 0.241. The Bertz CT molecular complexity index is 1080. The van der Waals surface area contributed by atoms with Crippen LogP contribution in [0.3, 0.4) is 0 Å². The molecule has 0 saturated heterocycles. The third kappa shape index (κ3) is 2.74. The Hall–Kier alpha value is -3.54. The molecule has 138 valence electrons. The Morgan fingerprint density at radius 3 is 2.14 bits per heavy atom. The fraction of sp³-hybridized carbons (Fsp3) is 0.182. The van der Waals surface area contributed by atoms with Gasteiger partial charge in [-0.3, -0.25) is 0 Å². The average Bonchev–Trinajstić information content (AvgIpc) is 3.19. The van der Waals surface area contributed by atoms with E-state index in [9.17, 15) is 0 Å². The Morgan fingerprint density at radius 1 is 0.786 bits per heavy atom. The Morgan fingerprint density at radius 2 is 1.50 bits per heavy atom. The van der Waals surface area contributed by atoms with Crippen molar-refractivity contribution in [3.05, 3.63) is 78.4 Å². The van der Waals surface area contributed by atoms with Crippen molar-refractivity contribution in [1.29, 1.82) is 0 Å². The first-order chi connectivity index (χ1) is 13.7. The van der Waals surface area contributed by atoms with E-state index in [0.717, 1.165) is 36.0 Å². The molecule has 0 amide bonds. The zero-order valence-corrected chi connectivity index (χ0v) is 15.2. The minimum absolute atomic E-state index is 0.198. The van der Waals surface area contributed by atoms with E-state index in [2.05, 4.69) is 44.4 Å². The van der Waals surface area contributed by atoms with E-state index >= 15 is 0 Å². The van der Waals surface area contributed by atoms with Crippen LogP contribution in [0, 0.1) is 0 Å². The van der Waals surface area contributed by atoms with E-state index in [4.69, 9.17) is 10.2 Å². The largest absolute Gasteiger partial charge is 0.420 e. The number of nitrogen functional groups attached to an aromatic ring is 1. The molecule has 6 heteroatoms. The van der Waals surface area contributed by atoms with Gasteiger partial charge in [0, 0.05) is 23.5 Å². The maximum absolute atomic E-state index is 6.10. The SMILES string of the molecule is Nc1ncc(-c2ccc(C3(c4nnc(-c5ccccc5)o4)CCC3)cc2)cn1. The summed E-state index contributed by atoms with van der Waals surface area (Å²) in [5, 5.41) is 8.69. The van der Waals surface area contributed by atoms with Gasteiger partial charge in [0.15, 0.2) is 0 Å². The lowest BCUT2D eigenvalue weighted by atomic mass is 9.64. The summed E-state index contributed by atoms with van der Waals surface area (Å²) in [5.41, 5.74) is 9.50. The maximum atomic E-state index is 6.10. The van der Waals surface area contributed by atoms with Gasteiger partial charge in [0.2, 0.25) is 17.7 Å². The molecule has 1 fully saturated rings. The van der Waals surface area contributed by atoms with Crippen LogP contribution in [0.1, 0.15) is 30.7 Å². The van der Waals surface area contributed by atoms with E-state index in [-0.39, 0.29) is 11.4 Å². The van der Waals surface area contributed by atoms with Gasteiger partial charge in [0.25, 0.3) is 0 Å². The normalized spacial score (nSPS) is 15.1. The van der Waals surface area contributed by atoms with Crippen LogP contribution < -0.4 is 5.73 Å². The van der Waals surface area contributed by atoms with Gasteiger partial charge < -0.3 is 10.2 Å². The molecule has 0 bridgehead atoms. The fourth-order valence-electron chi connectivity index (χ4n) is 3.74. The van der Waals surface area contributed by atoms with Crippen molar-refractivity contribution in [1.82, 2.24) is 20.2 Å². The number of benzene rings is 2. The number of nitrogens with two attached hydrogens (primary N) is 1. The highest BCUT2D eigenvalue weighted by Gasteiger charge is 2.45. The van der Waals surface area contributed by atoms with Crippen LogP contribution in [0.5, 0.6) is 0 Å². The Labute approximate surface area is 162 Å². The topological polar surface area (TPSA) is 90.7 Å². The van der Waals surface area contributed by atoms with Crippen molar-refractivity contribution in [2.45, 2.75) is 24.7 Å². The third-order valence-corrected chi connectivity index (χ3v) is 5.50. The highest BCUT2D eigenvalue weighted by molar-refractivity contribution is 5.63. The van der Waals surface area contributed by atoms with Gasteiger partial charge in [-0.05, 0) is 36.1 Å². The van der Waals surface area contributed by atoms with Crippen LogP contribution in [0.4, 0.5) is 5.95 Å². The number of aromatic nitrogens is 4. The first kappa shape index (κ1) is 16.6. The van der Waals surface area contributed by atoms with Gasteiger partial charge in [-0.15, -0.1) is 10.2 Å². The summed E-state index contributed by atoms with van der Waals surface area (Å²) in [7, 11) is 0. The molecule has 0 unspecified atom stereocenters. The van der Waals surface area contributed by atoms with Crippen LogP contribution in [0.2, 0.25) is 0 Å². The molecule has 0 radical (unpaired) electrons. The minimum atomic E-state index is -0.198. The Balaban J connectivity index is 1.47. The number of hydrogen-bond acceptors (Lipinski definition) is 6. The molecule has 1 saturated carbocycles. The molecule has 4 aromatic rings. The second-order valence-corrected chi connectivity index (χ2v) is 7.12. The molecule has 1 aliphatic rings. The molecule has 2 N–H and O–H groups in total. The van der Waals surface area contributed by atoms with Gasteiger partial charge in [-0.2, -0.15) is 0 Å². The summed E-state index contributed by atoms with van der Waals surface area (Å²) < 4.78 is 6.10. The van der Waals surface area contributed by atoms with Gasteiger partial charge in [-0.1, -0.05) is 48.9 Å². The smallest absolute Gasteiger partial charge is 0.247 e. The van der Waals surface area contributed by atoms with E-state index in [1.807, 2.05) is 30.3 Å². The van der Waals surface area contributed by atoms with Gasteiger partial charge >= 0.3 is 0 Å². The molecule has 1 aliphatic carbocycles.